The number of nitrogens with zero attached hydrogens (tertiary/aromatic N) is 4. The first-order valence-corrected chi connectivity index (χ1v) is 5.46. The zero-order valence-corrected chi connectivity index (χ0v) is 9.88. The molecule has 0 amide bonds. The monoisotopic (exact) mass is 219 g/mol. The molecule has 0 saturated carbocycles. The minimum absolute atomic E-state index is 0.365. The highest BCUT2D eigenvalue weighted by molar-refractivity contribution is 5.69. The second-order valence-electron chi connectivity index (χ2n) is 4.01. The topological polar surface area (TPSA) is 61.7 Å². The Hall–Kier alpha value is -1.78. The third kappa shape index (κ3) is 1.68. The van der Waals surface area contributed by atoms with Crippen molar-refractivity contribution in [3.05, 3.63) is 18.5 Å². The number of hydrogen-bond donors (Lipinski definition) is 1. The van der Waals surface area contributed by atoms with Crippen LogP contribution in [-0.2, 0) is 7.05 Å². The van der Waals surface area contributed by atoms with Crippen LogP contribution < -0.4 is 5.73 Å². The molecule has 16 heavy (non-hydrogen) atoms. The molecule has 2 rings (SSSR count). The quantitative estimate of drug-likeness (QED) is 0.856. The second-order valence-corrected chi connectivity index (χ2v) is 4.01. The molecule has 0 aliphatic carbocycles. The molecule has 0 aromatic carbocycles. The smallest absolute Gasteiger partial charge is 0.133 e. The fraction of sp³-hybridized carbons (Fsp3) is 0.455. The Kier molecular flexibility index (Phi) is 2.68. The van der Waals surface area contributed by atoms with Crippen LogP contribution in [0.15, 0.2) is 18.5 Å². The van der Waals surface area contributed by atoms with Gasteiger partial charge in [-0.2, -0.15) is 10.2 Å². The minimum Gasteiger partial charge on any atom is -0.396 e. The van der Waals surface area contributed by atoms with E-state index in [1.165, 1.54) is 0 Å². The Labute approximate surface area is 94.9 Å². The second kappa shape index (κ2) is 4.00. The van der Waals surface area contributed by atoms with Crippen molar-refractivity contribution in [3.8, 4) is 11.4 Å². The van der Waals surface area contributed by atoms with Crippen LogP contribution in [-0.4, -0.2) is 19.6 Å². The van der Waals surface area contributed by atoms with Gasteiger partial charge >= 0.3 is 0 Å². The van der Waals surface area contributed by atoms with Gasteiger partial charge in [-0.05, 0) is 19.4 Å². The van der Waals surface area contributed by atoms with Crippen LogP contribution in [0.2, 0.25) is 0 Å². The summed E-state index contributed by atoms with van der Waals surface area (Å²) < 4.78 is 3.69. The molecular weight excluding hydrogens is 202 g/mol. The van der Waals surface area contributed by atoms with E-state index in [0.717, 1.165) is 17.8 Å². The molecule has 0 bridgehead atoms. The predicted molar refractivity (Wildman–Crippen MR) is 63.8 cm³/mol. The van der Waals surface area contributed by atoms with E-state index in [4.69, 9.17) is 5.73 Å². The molecule has 0 fully saturated rings. The molecule has 0 spiro atoms. The van der Waals surface area contributed by atoms with Gasteiger partial charge in [0.2, 0.25) is 0 Å². The van der Waals surface area contributed by atoms with Gasteiger partial charge in [-0.25, -0.2) is 0 Å². The molecule has 2 aromatic rings. The normalized spacial score (nSPS) is 12.9. The van der Waals surface area contributed by atoms with E-state index in [1.54, 1.807) is 10.9 Å². The highest BCUT2D eigenvalue weighted by Gasteiger charge is 2.13. The molecule has 86 valence electrons. The molecule has 1 unspecified atom stereocenters. The molecule has 0 radical (unpaired) electrons. The first-order chi connectivity index (χ1) is 7.63. The van der Waals surface area contributed by atoms with Crippen molar-refractivity contribution in [1.82, 2.24) is 19.6 Å². The Bertz CT molecular complexity index is 482. The van der Waals surface area contributed by atoms with Gasteiger partial charge in [-0.15, -0.1) is 0 Å². The fourth-order valence-electron chi connectivity index (χ4n) is 1.62. The van der Waals surface area contributed by atoms with Crippen LogP contribution >= 0.6 is 0 Å². The number of aromatic nitrogens is 4. The lowest BCUT2D eigenvalue weighted by Gasteiger charge is -2.07. The Morgan fingerprint density at radius 1 is 1.50 bits per heavy atom. The highest BCUT2D eigenvalue weighted by Crippen LogP contribution is 2.25. The summed E-state index contributed by atoms with van der Waals surface area (Å²) in [5.41, 5.74) is 8.42. The Morgan fingerprint density at radius 2 is 2.25 bits per heavy atom. The minimum atomic E-state index is 0.365. The summed E-state index contributed by atoms with van der Waals surface area (Å²) in [5, 5.41) is 8.63. The van der Waals surface area contributed by atoms with E-state index in [2.05, 4.69) is 24.0 Å². The van der Waals surface area contributed by atoms with Gasteiger partial charge < -0.3 is 5.73 Å². The standard InChI is InChI=1S/C11H17N5/c1-4-8(2)16-7-9(12)11(14-16)10-5-6-13-15(10)3/h5-8H,4,12H2,1-3H3. The zero-order valence-electron chi connectivity index (χ0n) is 9.88. The number of hydrogen-bond acceptors (Lipinski definition) is 3. The summed E-state index contributed by atoms with van der Waals surface area (Å²) >= 11 is 0. The van der Waals surface area contributed by atoms with Crippen molar-refractivity contribution in [2.75, 3.05) is 5.73 Å². The molecular formula is C11H17N5. The van der Waals surface area contributed by atoms with Crippen molar-refractivity contribution >= 4 is 5.69 Å². The number of nitrogen functional groups attached to an aromatic ring is 1. The van der Waals surface area contributed by atoms with Gasteiger partial charge in [0.05, 0.1) is 11.4 Å². The molecule has 1 atom stereocenters. The van der Waals surface area contributed by atoms with E-state index < -0.39 is 0 Å². The van der Waals surface area contributed by atoms with E-state index in [-0.39, 0.29) is 0 Å². The molecule has 0 aliphatic rings. The summed E-state index contributed by atoms with van der Waals surface area (Å²) in [5.74, 6) is 0. The number of nitrogens with two attached hydrogens (primary N) is 1. The van der Waals surface area contributed by atoms with E-state index in [1.807, 2.05) is 24.0 Å². The van der Waals surface area contributed by atoms with Crippen LogP contribution in [0.3, 0.4) is 0 Å². The van der Waals surface area contributed by atoms with E-state index in [0.29, 0.717) is 11.7 Å². The largest absolute Gasteiger partial charge is 0.396 e. The van der Waals surface area contributed by atoms with Gasteiger partial charge in [0.25, 0.3) is 0 Å². The van der Waals surface area contributed by atoms with Gasteiger partial charge in [0, 0.05) is 25.5 Å². The van der Waals surface area contributed by atoms with E-state index >= 15 is 0 Å². The lowest BCUT2D eigenvalue weighted by molar-refractivity contribution is 0.479. The summed E-state index contributed by atoms with van der Waals surface area (Å²) in [6, 6.07) is 2.28. The van der Waals surface area contributed by atoms with Crippen LogP contribution in [0.4, 0.5) is 5.69 Å². The lowest BCUT2D eigenvalue weighted by Crippen LogP contribution is -2.04. The molecule has 5 heteroatoms. The number of aryl methyl sites for hydroxylation is 1. The van der Waals surface area contributed by atoms with Crippen molar-refractivity contribution in [1.29, 1.82) is 0 Å². The van der Waals surface area contributed by atoms with Crippen molar-refractivity contribution in [2.24, 2.45) is 7.05 Å². The predicted octanol–water partition coefficient (Wildman–Crippen LogP) is 1.84. The highest BCUT2D eigenvalue weighted by atomic mass is 15.3. The first-order valence-electron chi connectivity index (χ1n) is 5.46. The molecule has 0 aliphatic heterocycles. The maximum Gasteiger partial charge on any atom is 0.133 e. The first kappa shape index (κ1) is 10.7. The summed E-state index contributed by atoms with van der Waals surface area (Å²) in [7, 11) is 1.89. The maximum atomic E-state index is 5.97. The van der Waals surface area contributed by atoms with Gasteiger partial charge in [-0.3, -0.25) is 9.36 Å². The Balaban J connectivity index is 2.43. The average molecular weight is 219 g/mol. The summed E-state index contributed by atoms with van der Waals surface area (Å²) in [6.07, 6.45) is 4.67. The number of anilines is 1. The SMILES string of the molecule is CCC(C)n1cc(N)c(-c2ccnn2C)n1. The van der Waals surface area contributed by atoms with Crippen LogP contribution in [0.25, 0.3) is 11.4 Å². The molecule has 2 heterocycles. The van der Waals surface area contributed by atoms with Crippen LogP contribution in [0, 0.1) is 0 Å². The van der Waals surface area contributed by atoms with E-state index in [9.17, 15) is 0 Å². The fourth-order valence-corrected chi connectivity index (χ4v) is 1.62. The summed E-state index contributed by atoms with van der Waals surface area (Å²) in [4.78, 5) is 0. The lowest BCUT2D eigenvalue weighted by atomic mass is 10.3. The van der Waals surface area contributed by atoms with Gasteiger partial charge in [-0.1, -0.05) is 6.92 Å². The third-order valence-electron chi connectivity index (χ3n) is 2.87. The summed E-state index contributed by atoms with van der Waals surface area (Å²) in [6.45, 7) is 4.26. The van der Waals surface area contributed by atoms with Crippen molar-refractivity contribution in [2.45, 2.75) is 26.3 Å². The number of rotatable bonds is 3. The Morgan fingerprint density at radius 3 is 2.81 bits per heavy atom. The van der Waals surface area contributed by atoms with Gasteiger partial charge in [0.1, 0.15) is 5.69 Å². The molecule has 0 saturated heterocycles. The van der Waals surface area contributed by atoms with Gasteiger partial charge in [0.15, 0.2) is 0 Å². The maximum absolute atomic E-state index is 5.97. The van der Waals surface area contributed by atoms with Crippen molar-refractivity contribution in [3.63, 3.8) is 0 Å². The van der Waals surface area contributed by atoms with Crippen LogP contribution in [0.1, 0.15) is 26.3 Å². The third-order valence-corrected chi connectivity index (χ3v) is 2.87. The zero-order chi connectivity index (χ0) is 11.7. The molecule has 2 N–H and O–H groups in total. The van der Waals surface area contributed by atoms with Crippen LogP contribution in [0.5, 0.6) is 0 Å². The molecule has 5 nitrogen and oxygen atoms in total. The van der Waals surface area contributed by atoms with Crippen molar-refractivity contribution < 1.29 is 0 Å². The average Bonchev–Trinajstić information content (AvgIpc) is 2.83. The molecule has 2 aromatic heterocycles.